The lowest BCUT2D eigenvalue weighted by atomic mass is 9.99. The van der Waals surface area contributed by atoms with Crippen molar-refractivity contribution in [2.75, 3.05) is 56.2 Å². The quantitative estimate of drug-likeness (QED) is 0.324. The standard InChI is InChI=1S/C31H34F3N9O2/c1-18-11-25-24(13-36-39-25)27(19(18)2)41-8-6-23-26(15-41)37-30(45-16-22-12-31(33,34)17-40(22)4)38-28(23)42-9-10-43(29(44)20(3)32)21(14-42)5-7-35/h5,11,13,22H,3,6,8-10,12,14-17H2,1-2,4H3,(H,36,39)/t22-/m0/s1. The Bertz CT molecular complexity index is 1750. The van der Waals surface area contributed by atoms with Crippen LogP contribution in [0, 0.1) is 25.2 Å². The van der Waals surface area contributed by atoms with Gasteiger partial charge in [0.25, 0.3) is 11.8 Å². The third-order valence-corrected chi connectivity index (χ3v) is 8.91. The van der Waals surface area contributed by atoms with Gasteiger partial charge in [-0.15, -0.1) is 0 Å². The molecule has 3 aliphatic heterocycles. The molecule has 2 saturated heterocycles. The molecule has 0 bridgehead atoms. The third-order valence-electron chi connectivity index (χ3n) is 8.91. The molecule has 6 rings (SSSR count). The minimum Gasteiger partial charge on any atom is -0.462 e. The molecule has 1 amide bonds. The number of amides is 1. The molecule has 2 aromatic heterocycles. The van der Waals surface area contributed by atoms with Crippen LogP contribution in [0.5, 0.6) is 6.01 Å². The highest BCUT2D eigenvalue weighted by Crippen LogP contribution is 2.38. The predicted molar refractivity (Wildman–Crippen MR) is 162 cm³/mol. The number of likely N-dealkylation sites (tertiary alicyclic amines) is 1. The summed E-state index contributed by atoms with van der Waals surface area (Å²) in [6, 6.07) is 3.57. The number of alkyl halides is 2. The molecule has 0 unspecified atom stereocenters. The number of carbonyl (C=O) groups excluding carboxylic acids is 1. The van der Waals surface area contributed by atoms with E-state index in [1.807, 2.05) is 17.2 Å². The molecule has 0 saturated carbocycles. The van der Waals surface area contributed by atoms with Gasteiger partial charge in [-0.25, -0.2) is 13.2 Å². The second kappa shape index (κ2) is 11.7. The molecular formula is C31H34F3N9O2. The van der Waals surface area contributed by atoms with Gasteiger partial charge in [-0.2, -0.15) is 20.3 Å². The van der Waals surface area contributed by atoms with Crippen molar-refractivity contribution in [2.45, 2.75) is 45.2 Å². The number of rotatable bonds is 6. The number of benzene rings is 1. The summed E-state index contributed by atoms with van der Waals surface area (Å²) in [4.78, 5) is 28.9. The van der Waals surface area contributed by atoms with E-state index in [2.05, 4.69) is 41.6 Å². The first-order chi connectivity index (χ1) is 21.5. The summed E-state index contributed by atoms with van der Waals surface area (Å²) in [7, 11) is 1.64. The molecule has 3 aromatic rings. The monoisotopic (exact) mass is 621 g/mol. The smallest absolute Gasteiger partial charge is 0.318 e. The maximum atomic E-state index is 14.1. The van der Waals surface area contributed by atoms with E-state index in [4.69, 9.17) is 14.7 Å². The van der Waals surface area contributed by atoms with Crippen LogP contribution < -0.4 is 14.5 Å². The molecule has 3 aliphatic rings. The Labute approximate surface area is 258 Å². The zero-order valence-corrected chi connectivity index (χ0v) is 25.4. The number of aromatic amines is 1. The minimum absolute atomic E-state index is 0.0128. The van der Waals surface area contributed by atoms with Crippen molar-refractivity contribution in [3.8, 4) is 12.1 Å². The number of carbonyl (C=O) groups is 1. The topological polar surface area (TPSA) is 118 Å². The lowest BCUT2D eigenvalue weighted by Crippen LogP contribution is -2.48. The van der Waals surface area contributed by atoms with Crippen LogP contribution >= 0.6 is 0 Å². The van der Waals surface area contributed by atoms with E-state index in [1.54, 1.807) is 11.9 Å². The molecule has 236 valence electrons. The van der Waals surface area contributed by atoms with Crippen molar-refractivity contribution >= 4 is 28.3 Å². The van der Waals surface area contributed by atoms with E-state index >= 15 is 0 Å². The van der Waals surface area contributed by atoms with Crippen LogP contribution in [0.2, 0.25) is 0 Å². The fourth-order valence-corrected chi connectivity index (χ4v) is 6.52. The number of likely N-dealkylation sites (N-methyl/N-ethyl adjacent to an activating group) is 1. The van der Waals surface area contributed by atoms with Gasteiger partial charge in [0.1, 0.15) is 12.4 Å². The molecule has 5 heterocycles. The highest BCUT2D eigenvalue weighted by molar-refractivity contribution is 5.94. The molecule has 1 N–H and O–H groups in total. The molecule has 14 heteroatoms. The summed E-state index contributed by atoms with van der Waals surface area (Å²) in [5, 5.41) is 17.7. The van der Waals surface area contributed by atoms with E-state index in [9.17, 15) is 23.2 Å². The average Bonchev–Trinajstić information content (AvgIpc) is 3.57. The Morgan fingerprint density at radius 3 is 2.76 bits per heavy atom. The van der Waals surface area contributed by atoms with E-state index in [-0.39, 0.29) is 38.7 Å². The molecular weight excluding hydrogens is 587 g/mol. The van der Waals surface area contributed by atoms with Crippen molar-refractivity contribution in [1.29, 1.82) is 5.26 Å². The summed E-state index contributed by atoms with van der Waals surface area (Å²) in [5.41, 5.74) is 6.17. The fraction of sp³-hybridized carbons (Fsp3) is 0.452. The lowest BCUT2D eigenvalue weighted by molar-refractivity contribution is -0.127. The Morgan fingerprint density at radius 1 is 1.24 bits per heavy atom. The number of nitrogens with one attached hydrogen (secondary N) is 1. The zero-order valence-electron chi connectivity index (χ0n) is 25.4. The number of nitrogens with zero attached hydrogens (tertiary/aromatic N) is 8. The number of hydrogen-bond donors (Lipinski definition) is 1. The van der Waals surface area contributed by atoms with Crippen molar-refractivity contribution in [2.24, 2.45) is 0 Å². The number of halogens is 3. The van der Waals surface area contributed by atoms with Crippen LogP contribution in [-0.2, 0) is 17.8 Å². The van der Waals surface area contributed by atoms with Crippen LogP contribution in [0.15, 0.2) is 36.4 Å². The number of aromatic nitrogens is 4. The Balaban J connectivity index is 1.36. The van der Waals surface area contributed by atoms with Gasteiger partial charge in [-0.05, 0) is 44.5 Å². The number of fused-ring (bicyclic) bond motifs is 2. The molecule has 2 fully saturated rings. The van der Waals surface area contributed by atoms with Gasteiger partial charge in [0.05, 0.1) is 54.5 Å². The Morgan fingerprint density at radius 2 is 2.04 bits per heavy atom. The molecule has 45 heavy (non-hydrogen) atoms. The van der Waals surface area contributed by atoms with Crippen LogP contribution in [0.3, 0.4) is 0 Å². The Kier molecular flexibility index (Phi) is 7.90. The van der Waals surface area contributed by atoms with Gasteiger partial charge in [0.2, 0.25) is 0 Å². The van der Waals surface area contributed by atoms with E-state index in [1.165, 1.54) is 11.0 Å². The summed E-state index contributed by atoms with van der Waals surface area (Å²) in [5.74, 6) is -4.22. The van der Waals surface area contributed by atoms with Gasteiger partial charge < -0.3 is 19.4 Å². The van der Waals surface area contributed by atoms with Gasteiger partial charge in [0.15, 0.2) is 5.83 Å². The largest absolute Gasteiger partial charge is 0.462 e. The average molecular weight is 622 g/mol. The molecule has 0 aliphatic carbocycles. The number of hydrogen-bond acceptors (Lipinski definition) is 9. The first-order valence-electron chi connectivity index (χ1n) is 14.7. The first kappa shape index (κ1) is 30.4. The second-order valence-corrected chi connectivity index (χ2v) is 11.9. The van der Waals surface area contributed by atoms with Crippen LogP contribution in [0.1, 0.15) is 28.8 Å². The molecule has 1 atom stereocenters. The van der Waals surface area contributed by atoms with Crippen molar-refractivity contribution in [3.05, 3.63) is 58.8 Å². The molecule has 1 aromatic carbocycles. The van der Waals surface area contributed by atoms with Crippen LogP contribution in [0.4, 0.5) is 24.7 Å². The predicted octanol–water partition coefficient (Wildman–Crippen LogP) is 3.79. The normalized spacial score (nSPS) is 20.9. The van der Waals surface area contributed by atoms with E-state index in [0.717, 1.165) is 39.0 Å². The lowest BCUT2D eigenvalue weighted by Gasteiger charge is -2.39. The summed E-state index contributed by atoms with van der Waals surface area (Å²) in [6.45, 7) is 8.53. The number of H-pyrrole nitrogens is 1. The van der Waals surface area contributed by atoms with Gasteiger partial charge in [-0.1, -0.05) is 6.58 Å². The van der Waals surface area contributed by atoms with E-state index < -0.39 is 23.7 Å². The molecule has 11 nitrogen and oxygen atoms in total. The number of allylic oxidation sites excluding steroid dienone is 1. The minimum atomic E-state index is -2.79. The second-order valence-electron chi connectivity index (χ2n) is 11.9. The van der Waals surface area contributed by atoms with Gasteiger partial charge in [-0.3, -0.25) is 14.8 Å². The Hall–Kier alpha value is -4.64. The van der Waals surface area contributed by atoms with Crippen molar-refractivity contribution in [1.82, 2.24) is 30.0 Å². The number of nitriles is 1. The van der Waals surface area contributed by atoms with Crippen molar-refractivity contribution < 1.29 is 22.7 Å². The highest BCUT2D eigenvalue weighted by atomic mass is 19.3. The van der Waals surface area contributed by atoms with Gasteiger partial charge >= 0.3 is 6.01 Å². The maximum absolute atomic E-state index is 14.1. The molecule has 0 radical (unpaired) electrons. The first-order valence-corrected chi connectivity index (χ1v) is 14.7. The van der Waals surface area contributed by atoms with Gasteiger partial charge in [0, 0.05) is 49.1 Å². The maximum Gasteiger partial charge on any atom is 0.318 e. The zero-order chi connectivity index (χ0) is 32.0. The number of ether oxygens (including phenoxy) is 1. The number of piperazine rings is 1. The summed E-state index contributed by atoms with van der Waals surface area (Å²) >= 11 is 0. The molecule has 0 spiro atoms. The van der Waals surface area contributed by atoms with Crippen LogP contribution in [0.25, 0.3) is 10.9 Å². The number of anilines is 2. The highest BCUT2D eigenvalue weighted by Gasteiger charge is 2.43. The third kappa shape index (κ3) is 5.80. The van der Waals surface area contributed by atoms with Crippen molar-refractivity contribution in [3.63, 3.8) is 0 Å². The number of aryl methyl sites for hydroxylation is 1. The summed E-state index contributed by atoms with van der Waals surface area (Å²) < 4.78 is 47.9. The fourth-order valence-electron chi connectivity index (χ4n) is 6.52. The SMILES string of the molecule is C=C(F)C(=O)N1CCN(c2nc(OC[C@@H]3CC(F)(F)CN3C)nc3c2CCN(c2c(C)c(C)cc4[nH]ncc24)C3)CC1=CC#N. The van der Waals surface area contributed by atoms with E-state index in [0.29, 0.717) is 37.6 Å². The van der Waals surface area contributed by atoms with Crippen LogP contribution in [-0.4, -0.2) is 94.2 Å². The summed E-state index contributed by atoms with van der Waals surface area (Å²) in [6.07, 6.45) is 3.30.